The summed E-state index contributed by atoms with van der Waals surface area (Å²) >= 11 is 0. The molecule has 9 rings (SSSR count). The van der Waals surface area contributed by atoms with Crippen LogP contribution in [0.15, 0.2) is 127 Å². The average Bonchev–Trinajstić information content (AvgIpc) is 4.01. The number of aromatic nitrogens is 6. The highest BCUT2D eigenvalue weighted by Gasteiger charge is 2.23. The van der Waals surface area contributed by atoms with E-state index in [9.17, 15) is 34.2 Å². The number of nitrogen functional groups attached to an aromatic ring is 4. The van der Waals surface area contributed by atoms with Crippen molar-refractivity contribution in [3.8, 4) is 17.2 Å². The molecule has 0 aliphatic carbocycles. The van der Waals surface area contributed by atoms with E-state index in [1.165, 1.54) is 18.2 Å². The molecule has 78 heavy (non-hydrogen) atoms. The van der Waals surface area contributed by atoms with E-state index in [4.69, 9.17) is 42.6 Å². The number of aliphatic carboxylic acids is 1. The van der Waals surface area contributed by atoms with Crippen LogP contribution in [0.2, 0.25) is 0 Å². The summed E-state index contributed by atoms with van der Waals surface area (Å²) in [5.74, 6) is -0.145. The molecule has 0 aliphatic heterocycles. The first-order valence-corrected chi connectivity index (χ1v) is 23.9. The Morgan fingerprint density at radius 3 is 1.37 bits per heavy atom. The Morgan fingerprint density at radius 1 is 0.526 bits per heavy atom. The molecule has 6 aromatic carbocycles. The summed E-state index contributed by atoms with van der Waals surface area (Å²) in [6.45, 7) is 10.7. The Labute approximate surface area is 446 Å². The number of rotatable bonds is 8. The quantitative estimate of drug-likeness (QED) is 0.0637. The number of hydrogen-bond donors (Lipinski definition) is 11. The number of hydrogen-bond acceptors (Lipinski definition) is 17. The topological polar surface area (TPSA) is 377 Å². The van der Waals surface area contributed by atoms with Gasteiger partial charge in [-0.2, -0.15) is 14.5 Å². The van der Waals surface area contributed by atoms with Crippen molar-refractivity contribution in [3.63, 3.8) is 0 Å². The zero-order valence-electron chi connectivity index (χ0n) is 43.4. The van der Waals surface area contributed by atoms with E-state index in [-0.39, 0.29) is 60.0 Å². The van der Waals surface area contributed by atoms with Gasteiger partial charge in [-0.25, -0.2) is 9.59 Å². The maximum Gasteiger partial charge on any atom is 0.435 e. The second kappa shape index (κ2) is 24.4. The minimum absolute atomic E-state index is 0.0472. The monoisotopic (exact) mass is 1060 g/mol. The molecule has 0 aliphatic rings. The van der Waals surface area contributed by atoms with Crippen molar-refractivity contribution < 1.29 is 53.9 Å². The van der Waals surface area contributed by atoms with Crippen LogP contribution in [0.4, 0.5) is 44.1 Å². The number of carboxylic acids is 1. The zero-order chi connectivity index (χ0) is 57.1. The summed E-state index contributed by atoms with van der Waals surface area (Å²) in [6, 6.07) is 34.7. The van der Waals surface area contributed by atoms with Gasteiger partial charge in [0.25, 0.3) is 0 Å². The number of aromatic hydroxyl groups is 3. The second-order valence-corrected chi connectivity index (χ2v) is 19.5. The van der Waals surface area contributed by atoms with Crippen LogP contribution >= 0.6 is 0 Å². The highest BCUT2D eigenvalue weighted by Crippen LogP contribution is 2.27. The van der Waals surface area contributed by atoms with Crippen molar-refractivity contribution in [1.82, 2.24) is 29.8 Å². The third kappa shape index (κ3) is 16.3. The third-order valence-electron chi connectivity index (χ3n) is 10.6. The maximum atomic E-state index is 12.3. The molecule has 15 N–H and O–H groups in total. The molecule has 2 amide bonds. The Morgan fingerprint density at radius 2 is 0.936 bits per heavy atom. The van der Waals surface area contributed by atoms with Crippen molar-refractivity contribution in [2.75, 3.05) is 33.6 Å². The fourth-order valence-corrected chi connectivity index (χ4v) is 7.33. The van der Waals surface area contributed by atoms with Crippen LogP contribution in [0.5, 0.6) is 17.2 Å². The molecule has 0 saturated carbocycles. The Bertz CT molecular complexity index is 3650. The minimum Gasteiger partial charge on any atom is -0.508 e. The fraction of sp³-hybridized carbons (Fsp3) is 0.200. The largest absolute Gasteiger partial charge is 0.508 e. The lowest BCUT2D eigenvalue weighted by Gasteiger charge is -2.19. The Balaban J connectivity index is 0.000000176. The summed E-state index contributed by atoms with van der Waals surface area (Å²) in [5.41, 5.74) is 27.5. The number of carbonyl (C=O) groups is 5. The number of nitrogens with one attached hydrogen (secondary N) is 3. The van der Waals surface area contributed by atoms with E-state index in [0.717, 1.165) is 25.8 Å². The van der Waals surface area contributed by atoms with Crippen LogP contribution in [0.25, 0.3) is 32.7 Å². The van der Waals surface area contributed by atoms with E-state index in [1.54, 1.807) is 145 Å². The molecule has 23 nitrogen and oxygen atoms in total. The van der Waals surface area contributed by atoms with Crippen molar-refractivity contribution in [1.29, 1.82) is 0 Å². The van der Waals surface area contributed by atoms with Crippen LogP contribution in [0.1, 0.15) is 58.2 Å². The SMILES string of the molecule is CC(C)(C)OC(=O)n1nc(N)c2cc(N)ccc21.CC(C)(C)OC(=O)n1nc(N)c2cc(NC(=O)Cc3cccc(O)c3)ccc21.Nc1n[nH]c2ccc(NC(=O)Cc3cccc(O)c3)cc12.O=C(O)Cc1cccc(O)c1. The number of carboxylic acid groups (broad SMARTS) is 1. The van der Waals surface area contributed by atoms with Gasteiger partial charge in [0.15, 0.2) is 17.5 Å². The number of nitrogens with zero attached hydrogens (tertiary/aromatic N) is 5. The minimum atomic E-state index is -0.893. The van der Waals surface area contributed by atoms with E-state index in [1.807, 2.05) is 6.07 Å². The number of amides is 2. The Kier molecular flexibility index (Phi) is 17.8. The first kappa shape index (κ1) is 57.0. The predicted molar refractivity (Wildman–Crippen MR) is 297 cm³/mol. The number of aromatic amines is 1. The van der Waals surface area contributed by atoms with Gasteiger partial charge in [0.1, 0.15) is 28.5 Å². The van der Waals surface area contributed by atoms with Gasteiger partial charge in [0.05, 0.1) is 35.8 Å². The number of benzene rings is 6. The van der Waals surface area contributed by atoms with Crippen molar-refractivity contribution in [3.05, 3.63) is 144 Å². The lowest BCUT2D eigenvalue weighted by Crippen LogP contribution is -2.27. The molecule has 0 spiro atoms. The molecule has 0 fully saturated rings. The predicted octanol–water partition coefficient (Wildman–Crippen LogP) is 8.32. The van der Waals surface area contributed by atoms with Crippen LogP contribution in [-0.2, 0) is 43.1 Å². The number of ether oxygens (including phenoxy) is 2. The summed E-state index contributed by atoms with van der Waals surface area (Å²) in [4.78, 5) is 58.7. The van der Waals surface area contributed by atoms with Crippen LogP contribution in [-0.4, -0.2) is 91.4 Å². The van der Waals surface area contributed by atoms with E-state index < -0.39 is 29.4 Å². The van der Waals surface area contributed by atoms with Gasteiger partial charge in [0, 0.05) is 33.2 Å². The van der Waals surface area contributed by atoms with Gasteiger partial charge in [-0.1, -0.05) is 36.4 Å². The second-order valence-electron chi connectivity index (χ2n) is 19.5. The van der Waals surface area contributed by atoms with Gasteiger partial charge in [-0.15, -0.1) is 10.2 Å². The van der Waals surface area contributed by atoms with Crippen LogP contribution in [0, 0.1) is 0 Å². The smallest absolute Gasteiger partial charge is 0.435 e. The normalized spacial score (nSPS) is 11.0. The molecule has 406 valence electrons. The third-order valence-corrected chi connectivity index (χ3v) is 10.6. The summed E-state index contributed by atoms with van der Waals surface area (Å²) in [6.07, 6.45) is -0.940. The Hall–Kier alpha value is -10.3. The van der Waals surface area contributed by atoms with Crippen molar-refractivity contribution in [2.24, 2.45) is 0 Å². The van der Waals surface area contributed by atoms with Gasteiger partial charge in [0.2, 0.25) is 11.8 Å². The van der Waals surface area contributed by atoms with E-state index in [0.29, 0.717) is 55.8 Å². The first-order chi connectivity index (χ1) is 36.7. The lowest BCUT2D eigenvalue weighted by molar-refractivity contribution is -0.136. The number of H-pyrrole nitrogens is 1. The van der Waals surface area contributed by atoms with Crippen molar-refractivity contribution in [2.45, 2.75) is 72.0 Å². The summed E-state index contributed by atoms with van der Waals surface area (Å²) in [5, 5.41) is 58.4. The van der Waals surface area contributed by atoms with Gasteiger partial charge < -0.3 is 63.5 Å². The fourth-order valence-electron chi connectivity index (χ4n) is 7.33. The van der Waals surface area contributed by atoms with Crippen LogP contribution < -0.4 is 33.6 Å². The highest BCUT2D eigenvalue weighted by atomic mass is 16.6. The summed E-state index contributed by atoms with van der Waals surface area (Å²) < 4.78 is 12.8. The maximum absolute atomic E-state index is 12.3. The number of fused-ring (bicyclic) bond motifs is 3. The summed E-state index contributed by atoms with van der Waals surface area (Å²) in [7, 11) is 0. The van der Waals surface area contributed by atoms with Crippen molar-refractivity contribution >= 4 is 97.2 Å². The van der Waals surface area contributed by atoms with E-state index >= 15 is 0 Å². The lowest BCUT2D eigenvalue weighted by atomic mass is 10.1. The molecule has 3 aromatic heterocycles. The van der Waals surface area contributed by atoms with Gasteiger partial charge >= 0.3 is 18.2 Å². The number of anilines is 6. The molecule has 0 unspecified atom stereocenters. The number of nitrogens with two attached hydrogens (primary N) is 4. The molecule has 9 aromatic rings. The molecular formula is C55H60N12O11. The molecule has 0 bridgehead atoms. The van der Waals surface area contributed by atoms with Gasteiger partial charge in [-0.3, -0.25) is 19.5 Å². The number of phenols is 3. The highest BCUT2D eigenvalue weighted by molar-refractivity contribution is 6.00. The van der Waals surface area contributed by atoms with Crippen LogP contribution in [0.3, 0.4) is 0 Å². The molecule has 3 heterocycles. The molecule has 0 radical (unpaired) electrons. The molecular weight excluding hydrogens is 1000 g/mol. The average molecular weight is 1070 g/mol. The number of phenolic OH excluding ortho intramolecular Hbond substituents is 3. The standard InChI is InChI=1S/C20H22N4O4.C15H14N4O2.C12H16N4O2.C8H8O3/c1-20(2,3)28-19(27)24-16-8-7-13(11-15(16)18(21)23-24)22-17(26)10-12-5-4-6-14(25)9-12;16-15-12-8-10(4-5-13(12)18-19-15)17-14(21)7-9-2-1-3-11(20)6-9;1-12(2,3)18-11(17)16-9-5-4-7(13)6-8(9)10(14)15-16;9-7-3-1-2-6(4-7)5-8(10)11/h4-9,11,25H,10H2,1-3H3,(H2,21,23)(H,22,26);1-6,8,20H,7H2,(H,17,21)(H3,16,18,19);4-6H,13H2,1-3H3,(H2,14,15);1-4,9H,5H2,(H,10,11). The number of carbonyl (C=O) groups excluding carboxylic acids is 4. The molecule has 0 atom stereocenters. The van der Waals surface area contributed by atoms with E-state index in [2.05, 4.69) is 31.0 Å². The molecule has 0 saturated heterocycles. The van der Waals surface area contributed by atoms with Gasteiger partial charge in [-0.05, 0) is 149 Å². The zero-order valence-corrected chi connectivity index (χ0v) is 43.4. The molecule has 23 heteroatoms. The first-order valence-electron chi connectivity index (χ1n) is 23.9.